The lowest BCUT2D eigenvalue weighted by Crippen LogP contribution is -2.52. The Kier molecular flexibility index (Phi) is 15.4. The summed E-state index contributed by atoms with van der Waals surface area (Å²) in [6.45, 7) is 9.49. The summed E-state index contributed by atoms with van der Waals surface area (Å²) >= 11 is 1.83. The van der Waals surface area contributed by atoms with Gasteiger partial charge in [-0.05, 0) is 67.9 Å². The fourth-order valence-electron chi connectivity index (χ4n) is 4.19. The summed E-state index contributed by atoms with van der Waals surface area (Å²) in [5, 5.41) is 15.6. The highest BCUT2D eigenvalue weighted by atomic mass is 32.2. The van der Waals surface area contributed by atoms with Crippen LogP contribution < -0.4 is 21.3 Å². The quantitative estimate of drug-likeness (QED) is 0.128. The van der Waals surface area contributed by atoms with Gasteiger partial charge in [0.1, 0.15) is 6.04 Å². The van der Waals surface area contributed by atoms with E-state index in [2.05, 4.69) is 52.3 Å². The normalized spacial score (nSPS) is 14.7. The van der Waals surface area contributed by atoms with Crippen molar-refractivity contribution in [2.75, 3.05) is 25.5 Å². The Balaban J connectivity index is 0.000000411. The summed E-state index contributed by atoms with van der Waals surface area (Å²) in [5.74, 6) is 0.581. The zero-order chi connectivity index (χ0) is 28.3. The molecule has 1 fully saturated rings. The van der Waals surface area contributed by atoms with Gasteiger partial charge in [0, 0.05) is 18.1 Å². The molecular formula is C31H42N4O3S. The second kappa shape index (κ2) is 18.8. The third-order valence-corrected chi connectivity index (χ3v) is 7.23. The Labute approximate surface area is 237 Å². The molecule has 1 atom stereocenters. The van der Waals surface area contributed by atoms with Crippen LogP contribution in [0.25, 0.3) is 10.8 Å². The topological polar surface area (TPSA) is 99.3 Å². The zero-order valence-electron chi connectivity index (χ0n) is 23.1. The molecule has 0 saturated carbocycles. The molecule has 1 aliphatic rings. The minimum atomic E-state index is -0.707. The predicted octanol–water partition coefficient (Wildman–Crippen LogP) is 4.46. The Morgan fingerprint density at radius 2 is 1.90 bits per heavy atom. The number of hydrogen-bond donors (Lipinski definition) is 4. The highest BCUT2D eigenvalue weighted by molar-refractivity contribution is 8.02. The maximum absolute atomic E-state index is 12.7. The van der Waals surface area contributed by atoms with Gasteiger partial charge in [-0.15, -0.1) is 18.3 Å². The van der Waals surface area contributed by atoms with Gasteiger partial charge in [-0.3, -0.25) is 14.4 Å². The molecule has 1 heterocycles. The van der Waals surface area contributed by atoms with Crippen LogP contribution in [-0.4, -0.2) is 49.8 Å². The van der Waals surface area contributed by atoms with Crippen LogP contribution >= 0.6 is 11.8 Å². The summed E-state index contributed by atoms with van der Waals surface area (Å²) in [6, 6.07) is 13.2. The van der Waals surface area contributed by atoms with Crippen molar-refractivity contribution in [3.63, 3.8) is 0 Å². The van der Waals surface area contributed by atoms with Crippen LogP contribution in [0.1, 0.15) is 38.7 Å². The molecule has 0 aliphatic carbocycles. The molecule has 0 spiro atoms. The van der Waals surface area contributed by atoms with Gasteiger partial charge in [-0.25, -0.2) is 0 Å². The highest BCUT2D eigenvalue weighted by Gasteiger charge is 2.27. The molecule has 3 rings (SSSR count). The molecule has 1 aliphatic heterocycles. The summed E-state index contributed by atoms with van der Waals surface area (Å²) in [5.41, 5.74) is 2.38. The first kappa shape index (κ1) is 31.9. The van der Waals surface area contributed by atoms with Gasteiger partial charge in [0.25, 0.3) is 0 Å². The van der Waals surface area contributed by atoms with Crippen LogP contribution in [0.15, 0.2) is 78.3 Å². The van der Waals surface area contributed by atoms with Gasteiger partial charge in [0.15, 0.2) is 0 Å². The molecule has 8 heteroatoms. The van der Waals surface area contributed by atoms with E-state index in [1.165, 1.54) is 5.57 Å². The molecule has 4 N–H and O–H groups in total. The number of carbonyl (C=O) groups is 3. The van der Waals surface area contributed by atoms with E-state index in [9.17, 15) is 14.4 Å². The molecule has 3 amide bonds. The molecule has 39 heavy (non-hydrogen) atoms. The lowest BCUT2D eigenvalue weighted by Gasteiger charge is -2.25. The second-order valence-electron chi connectivity index (χ2n) is 9.33. The minimum Gasteiger partial charge on any atom is -0.344 e. The van der Waals surface area contributed by atoms with E-state index >= 15 is 0 Å². The molecule has 0 radical (unpaired) electrons. The second-order valence-corrected chi connectivity index (χ2v) is 10.2. The summed E-state index contributed by atoms with van der Waals surface area (Å²) in [4.78, 5) is 35.8. The van der Waals surface area contributed by atoms with Crippen LogP contribution in [0.5, 0.6) is 0 Å². The largest absolute Gasteiger partial charge is 0.344 e. The molecule has 2 aromatic rings. The number of thioether (sulfide) groups is 1. The van der Waals surface area contributed by atoms with Crippen molar-refractivity contribution in [2.45, 2.75) is 45.6 Å². The number of benzene rings is 2. The lowest BCUT2D eigenvalue weighted by atomic mass is 9.95. The fraction of sp³-hybridized carbons (Fsp3) is 0.387. The number of carbonyl (C=O) groups excluding carboxylic acids is 3. The van der Waals surface area contributed by atoms with E-state index in [0.29, 0.717) is 12.8 Å². The number of hydrogen-bond acceptors (Lipinski definition) is 5. The first-order valence-electron chi connectivity index (χ1n) is 13.4. The van der Waals surface area contributed by atoms with E-state index in [-0.39, 0.29) is 24.4 Å². The van der Waals surface area contributed by atoms with Crippen molar-refractivity contribution in [3.8, 4) is 0 Å². The van der Waals surface area contributed by atoms with Gasteiger partial charge >= 0.3 is 0 Å². The minimum absolute atomic E-state index is 0.0254. The first-order valence-corrected chi connectivity index (χ1v) is 14.5. The summed E-state index contributed by atoms with van der Waals surface area (Å²) in [6.07, 6.45) is 9.60. The van der Waals surface area contributed by atoms with Crippen LogP contribution in [0, 0.1) is 5.92 Å². The Hall–Kier alpha value is -3.36. The Morgan fingerprint density at radius 1 is 1.15 bits per heavy atom. The molecule has 0 aromatic heterocycles. The van der Waals surface area contributed by atoms with Crippen LogP contribution in [0.3, 0.4) is 0 Å². The van der Waals surface area contributed by atoms with Crippen LogP contribution in [0.2, 0.25) is 0 Å². The van der Waals surface area contributed by atoms with E-state index < -0.39 is 6.04 Å². The predicted molar refractivity (Wildman–Crippen MR) is 163 cm³/mol. The van der Waals surface area contributed by atoms with Gasteiger partial charge in [-0.1, -0.05) is 66.3 Å². The van der Waals surface area contributed by atoms with Crippen molar-refractivity contribution < 1.29 is 14.4 Å². The molecular weight excluding hydrogens is 508 g/mol. The average Bonchev–Trinajstić information content (AvgIpc) is 2.96. The third-order valence-electron chi connectivity index (χ3n) is 6.27. The van der Waals surface area contributed by atoms with Gasteiger partial charge in [0.2, 0.25) is 18.2 Å². The van der Waals surface area contributed by atoms with Crippen molar-refractivity contribution in [1.29, 1.82) is 0 Å². The molecule has 1 saturated heterocycles. The molecule has 7 nitrogen and oxygen atoms in total. The number of nitrogens with one attached hydrogen (secondary N) is 4. The summed E-state index contributed by atoms with van der Waals surface area (Å²) in [7, 11) is 0. The van der Waals surface area contributed by atoms with E-state index in [1.54, 1.807) is 0 Å². The number of piperidine rings is 1. The third kappa shape index (κ3) is 11.9. The number of amides is 3. The van der Waals surface area contributed by atoms with Gasteiger partial charge in [0.05, 0.1) is 6.67 Å². The van der Waals surface area contributed by atoms with Crippen LogP contribution in [0.4, 0.5) is 0 Å². The molecule has 210 valence electrons. The van der Waals surface area contributed by atoms with Crippen molar-refractivity contribution >= 4 is 40.8 Å². The van der Waals surface area contributed by atoms with E-state index in [0.717, 1.165) is 54.4 Å². The summed E-state index contributed by atoms with van der Waals surface area (Å²) < 4.78 is 0. The van der Waals surface area contributed by atoms with Crippen molar-refractivity contribution in [3.05, 3.63) is 83.8 Å². The van der Waals surface area contributed by atoms with Gasteiger partial charge < -0.3 is 21.3 Å². The Morgan fingerprint density at radius 3 is 2.62 bits per heavy atom. The maximum Gasteiger partial charge on any atom is 0.244 e. The Bertz CT molecular complexity index is 1120. The first-order chi connectivity index (χ1) is 19.0. The molecule has 2 aromatic carbocycles. The molecule has 0 unspecified atom stereocenters. The smallest absolute Gasteiger partial charge is 0.244 e. The van der Waals surface area contributed by atoms with Crippen molar-refractivity contribution in [1.82, 2.24) is 21.3 Å². The monoisotopic (exact) mass is 550 g/mol. The molecule has 0 bridgehead atoms. The number of fused-ring (bicyclic) bond motifs is 1. The fourth-order valence-corrected chi connectivity index (χ4v) is 4.97. The highest BCUT2D eigenvalue weighted by Crippen LogP contribution is 2.20. The lowest BCUT2D eigenvalue weighted by molar-refractivity contribution is -0.131. The maximum atomic E-state index is 12.7. The zero-order valence-corrected chi connectivity index (χ0v) is 23.9. The SMILES string of the molecule is C=CC/C(C)=C\SC/C=C\C.O=CNCNC(=O)[C@@H](Cc1cccc2ccccc12)NC(=O)C1CCNCC1. The van der Waals surface area contributed by atoms with E-state index in [4.69, 9.17) is 0 Å². The standard InChI is InChI=1S/C21H26N4O3.C10H16S/c26-14-23-13-24-21(28)19(25-20(27)16-8-10-22-11-9-16)12-17-6-3-5-15-4-1-2-7-18(15)17;1-4-6-8-11-9-10(3)7-5-2/h1-7,14,16,19,22H,8-13H2,(H,23,26)(H,24,28)(H,25,27);4-6,9H,2,7-8H2,1,3H3/b;6-4-,10-9-/t19-;/m1./s1. The van der Waals surface area contributed by atoms with Crippen molar-refractivity contribution in [2.24, 2.45) is 5.92 Å². The number of rotatable bonds is 13. The van der Waals surface area contributed by atoms with Gasteiger partial charge in [-0.2, -0.15) is 0 Å². The number of allylic oxidation sites excluding steroid dienone is 3. The average molecular weight is 551 g/mol. The van der Waals surface area contributed by atoms with Crippen LogP contribution in [-0.2, 0) is 20.8 Å². The van der Waals surface area contributed by atoms with E-state index in [1.807, 2.05) is 67.2 Å².